The molecule has 21 nitrogen and oxygen atoms in total. The number of ether oxygens (including phenoxy) is 3. The number of rotatable bonds is 20. The molecule has 5 aromatic carbocycles. The molecule has 7 aromatic rings. The van der Waals surface area contributed by atoms with Crippen molar-refractivity contribution in [1.29, 1.82) is 0 Å². The van der Waals surface area contributed by atoms with Gasteiger partial charge >= 0.3 is 5.97 Å². The maximum Gasteiger partial charge on any atom is 0.344 e. The van der Waals surface area contributed by atoms with E-state index in [0.29, 0.717) is 47.9 Å². The molecule has 2 heterocycles. The van der Waals surface area contributed by atoms with Gasteiger partial charge in [0.05, 0.1) is 17.6 Å². The third-order valence-corrected chi connectivity index (χ3v) is 32.1. The van der Waals surface area contributed by atoms with Crippen molar-refractivity contribution in [3.63, 3.8) is 0 Å². The van der Waals surface area contributed by atoms with Gasteiger partial charge in [-0.2, -0.15) is 0 Å². The SMILES string of the molecule is CN(C)C[C@@H]1C=CC(=O)[C@]2(O[Si](C)(C)C(C)(C)C)C(=O)c3c(OCc4ccccc4)noc3[C@@H](N(C)C)[C@H]12.Cc1ccc(N(C)C)c(C)c1C(=O)Oc1ccccc1.Cc1ccc(N(C)C)c2c1C(O)=C1C(=O)[C@]3(O[Si](C)(C)C(C)(C)C)C(=O)c4c(OCc5ccccc5)noc4[C@@H](N(C)C)[C@@H]3[C@H](CN(C)C)[C@@H]1C2. The Kier molecular flexibility index (Phi) is 24.3. The van der Waals surface area contributed by atoms with Crippen molar-refractivity contribution in [3.8, 4) is 17.5 Å². The van der Waals surface area contributed by atoms with Crippen LogP contribution < -0.4 is 24.0 Å². The lowest BCUT2D eigenvalue weighted by Crippen LogP contribution is -2.71. The van der Waals surface area contributed by atoms with E-state index in [9.17, 15) is 19.5 Å². The highest BCUT2D eigenvalue weighted by Crippen LogP contribution is 2.62. The van der Waals surface area contributed by atoms with E-state index in [1.165, 1.54) is 0 Å². The number of esters is 1. The number of aliphatic hydroxyl groups excluding tert-OH is 1. The number of hydrogen-bond donors (Lipinski definition) is 1. The number of aryl methyl sites for hydroxylation is 2. The van der Waals surface area contributed by atoms with Gasteiger partial charge in [-0.3, -0.25) is 29.0 Å². The number of carbonyl (C=O) groups is 5. The molecule has 0 spiro atoms. The van der Waals surface area contributed by atoms with Crippen LogP contribution >= 0.6 is 0 Å². The highest BCUT2D eigenvalue weighted by molar-refractivity contribution is 6.75. The van der Waals surface area contributed by atoms with Crippen molar-refractivity contribution >= 4 is 62.9 Å². The van der Waals surface area contributed by atoms with E-state index < -0.39 is 69.1 Å². The Hall–Kier alpha value is -8.66. The molecule has 1 N–H and O–H groups in total. The fourth-order valence-electron chi connectivity index (χ4n) is 16.1. The standard InChI is InChI=1S/C40H54N4O6Si.C29H41N3O5Si.C17H19NO2/c1-23-18-19-28(43(7)8)26-20-25-27(21-42(5)6)32-33(44(9)10)35-31(38(41-49-35)48-22-24-16-14-13-15-17-24)37(47)40(32,50-51(11,12)39(2,3)4)36(46)30(25)34(45)29(23)26;1-28(2,3)38(8,9)37-29-21(33)16-15-20(17-31(4)5)23(29)24(32(6)7)25-22(26(29)34)27(30-36-25)35-18-19-13-11-10-12-14-19;1-12-10-11-15(18(3)4)13(2)16(12)17(19)20-14-8-6-5-7-9-14/h13-19,25,27,32-33,45H,20-22H2,1-12H3;10-16,20,23-24H,17-18H2,1-9H3;5-11H,1-4H3/t25-,27+,32-,33-,40-;20-,23-,24-,29+;/m00./s1. The molecule has 9 atom stereocenters. The van der Waals surface area contributed by atoms with Crippen molar-refractivity contribution in [2.45, 2.75) is 141 Å². The number of anilines is 2. The zero-order chi connectivity index (χ0) is 80.1. The summed E-state index contributed by atoms with van der Waals surface area (Å²) < 4.78 is 44.1. The second-order valence-corrected chi connectivity index (χ2v) is 43.8. The predicted octanol–water partition coefficient (Wildman–Crippen LogP) is 15.0. The first-order valence-electron chi connectivity index (χ1n) is 37.5. The Morgan fingerprint density at radius 1 is 0.560 bits per heavy atom. The monoisotopic (exact) mass is 1520 g/mol. The number of nitrogens with zero attached hydrogens (tertiary/aromatic N) is 8. The number of aliphatic hydroxyl groups is 1. The Morgan fingerprint density at radius 2 is 1.01 bits per heavy atom. The van der Waals surface area contributed by atoms with Crippen LogP contribution in [0.2, 0.25) is 36.3 Å². The first-order valence-corrected chi connectivity index (χ1v) is 43.4. The molecular weight excluding hydrogens is 1410 g/mol. The number of aromatic nitrogens is 2. The van der Waals surface area contributed by atoms with Crippen LogP contribution in [0.15, 0.2) is 142 Å². The number of benzene rings is 5. The molecule has 1 saturated carbocycles. The number of carbonyl (C=O) groups excluding carboxylic acids is 5. The van der Waals surface area contributed by atoms with E-state index in [1.807, 2.05) is 223 Å². The summed E-state index contributed by atoms with van der Waals surface area (Å²) in [7, 11) is 18.2. The van der Waals surface area contributed by atoms with Crippen LogP contribution in [0.5, 0.6) is 17.5 Å². The smallest absolute Gasteiger partial charge is 0.344 e. The Balaban J connectivity index is 0.000000191. The van der Waals surface area contributed by atoms with Gasteiger partial charge in [0.15, 0.2) is 45.1 Å². The second-order valence-electron chi connectivity index (χ2n) is 34.4. The summed E-state index contributed by atoms with van der Waals surface area (Å²) in [6, 6.07) is 35.5. The van der Waals surface area contributed by atoms with Crippen molar-refractivity contribution in [3.05, 3.63) is 200 Å². The second kappa shape index (κ2) is 32.0. The van der Waals surface area contributed by atoms with Crippen LogP contribution in [0.25, 0.3) is 5.76 Å². The molecule has 109 heavy (non-hydrogen) atoms. The van der Waals surface area contributed by atoms with Crippen LogP contribution in [-0.2, 0) is 38.1 Å². The van der Waals surface area contributed by atoms with Crippen molar-refractivity contribution in [2.24, 2.45) is 29.6 Å². The lowest BCUT2D eigenvalue weighted by Gasteiger charge is -2.58. The highest BCUT2D eigenvalue weighted by Gasteiger charge is 2.72. The molecule has 2 aromatic heterocycles. The van der Waals surface area contributed by atoms with Crippen LogP contribution in [0.4, 0.5) is 11.4 Å². The fourth-order valence-corrected chi connectivity index (χ4v) is 18.9. The van der Waals surface area contributed by atoms with Gasteiger partial charge in [-0.25, -0.2) is 4.79 Å². The minimum absolute atomic E-state index is 0.0418. The van der Waals surface area contributed by atoms with Crippen LogP contribution in [0, 0.1) is 50.4 Å². The molecule has 0 saturated heterocycles. The number of Topliss-reactive ketones (excluding diaryl/α,β-unsaturated/α-hetero) is 3. The molecule has 5 aliphatic rings. The minimum atomic E-state index is -2.88. The van der Waals surface area contributed by atoms with Crippen molar-refractivity contribution in [1.82, 2.24) is 29.9 Å². The Morgan fingerprint density at radius 3 is 1.48 bits per heavy atom. The summed E-state index contributed by atoms with van der Waals surface area (Å²) >= 11 is 0. The number of para-hydroxylation sites is 1. The number of fused-ring (bicyclic) bond motifs is 6. The minimum Gasteiger partial charge on any atom is -0.507 e. The lowest BCUT2D eigenvalue weighted by atomic mass is 9.52. The molecule has 0 unspecified atom stereocenters. The predicted molar refractivity (Wildman–Crippen MR) is 432 cm³/mol. The molecule has 0 amide bonds. The van der Waals surface area contributed by atoms with Crippen LogP contribution in [0.1, 0.15) is 135 Å². The number of hydrogen-bond acceptors (Lipinski definition) is 21. The van der Waals surface area contributed by atoms with E-state index in [1.54, 1.807) is 18.2 Å². The maximum atomic E-state index is 15.8. The summed E-state index contributed by atoms with van der Waals surface area (Å²) in [5.41, 5.74) is 5.85. The number of ketones is 4. The van der Waals surface area contributed by atoms with E-state index in [-0.39, 0.29) is 87.0 Å². The Bertz CT molecular complexity index is 4570. The van der Waals surface area contributed by atoms with Gasteiger partial charge in [0.25, 0.3) is 11.8 Å². The summed E-state index contributed by atoms with van der Waals surface area (Å²) in [4.78, 5) is 84.9. The third kappa shape index (κ3) is 15.8. The highest BCUT2D eigenvalue weighted by atomic mass is 28.4. The largest absolute Gasteiger partial charge is 0.507 e. The molecule has 1 fully saturated rings. The van der Waals surface area contributed by atoms with Gasteiger partial charge in [-0.05, 0) is 212 Å². The fraction of sp³-hybridized carbons (Fsp3) is 0.477. The molecule has 5 aliphatic carbocycles. The molecule has 0 radical (unpaired) electrons. The van der Waals surface area contributed by atoms with Crippen molar-refractivity contribution in [2.75, 3.05) is 107 Å². The Labute approximate surface area is 646 Å². The summed E-state index contributed by atoms with van der Waals surface area (Å²) in [5.74, 6) is -2.55. The van der Waals surface area contributed by atoms with Gasteiger partial charge in [0.1, 0.15) is 35.8 Å². The third-order valence-electron chi connectivity index (χ3n) is 23.2. The molecule has 12 rings (SSSR count). The van der Waals surface area contributed by atoms with Crippen LogP contribution in [0.3, 0.4) is 0 Å². The average molecular weight is 1520 g/mol. The lowest BCUT2D eigenvalue weighted by molar-refractivity contribution is -0.147. The molecular formula is C86H114N8O13Si2. The summed E-state index contributed by atoms with van der Waals surface area (Å²) in [6.45, 7) is 28.4. The van der Waals surface area contributed by atoms with Gasteiger partial charge in [0, 0.05) is 75.6 Å². The van der Waals surface area contributed by atoms with E-state index >= 15 is 9.59 Å². The topological polar surface area (TPSA) is 223 Å². The summed E-state index contributed by atoms with van der Waals surface area (Å²) in [6.07, 6.45) is 4.01. The van der Waals surface area contributed by atoms with Gasteiger partial charge < -0.3 is 56.8 Å². The van der Waals surface area contributed by atoms with E-state index in [0.717, 1.165) is 44.8 Å². The zero-order valence-electron chi connectivity index (χ0n) is 68.6. The maximum absolute atomic E-state index is 15.8. The molecule has 0 bridgehead atoms. The first-order chi connectivity index (χ1) is 51.0. The van der Waals surface area contributed by atoms with Crippen LogP contribution in [-0.4, -0.2) is 190 Å². The van der Waals surface area contributed by atoms with Gasteiger partial charge in [-0.15, -0.1) is 0 Å². The summed E-state index contributed by atoms with van der Waals surface area (Å²) in [5, 5.41) is 20.4. The van der Waals surface area contributed by atoms with E-state index in [4.69, 9.17) is 32.1 Å². The molecule has 584 valence electrons. The normalized spacial score (nSPS) is 22.4. The first kappa shape index (κ1) is 82.8. The van der Waals surface area contributed by atoms with Gasteiger partial charge in [-0.1, -0.05) is 139 Å². The average Bonchev–Trinajstić information content (AvgIpc) is 1.64. The zero-order valence-corrected chi connectivity index (χ0v) is 70.6. The van der Waals surface area contributed by atoms with E-state index in [2.05, 4.69) is 98.8 Å². The van der Waals surface area contributed by atoms with Gasteiger partial charge in [0.2, 0.25) is 17.3 Å². The molecule has 0 aliphatic heterocycles. The molecule has 23 heteroatoms. The quantitative estimate of drug-likeness (QED) is 0.0324. The van der Waals surface area contributed by atoms with Crippen molar-refractivity contribution < 1.29 is 61.2 Å².